The van der Waals surface area contributed by atoms with Crippen LogP contribution >= 0.6 is 0 Å². The van der Waals surface area contributed by atoms with Gasteiger partial charge in [0.05, 0.1) is 12.5 Å². The maximum absolute atomic E-state index is 13.1. The molecule has 126 valence electrons. The lowest BCUT2D eigenvalue weighted by atomic mass is 9.97. The van der Waals surface area contributed by atoms with Gasteiger partial charge in [-0.1, -0.05) is 42.5 Å². The number of carbonyl (C=O) groups is 1. The van der Waals surface area contributed by atoms with Crippen LogP contribution in [0.15, 0.2) is 54.6 Å². The highest BCUT2D eigenvalue weighted by molar-refractivity contribution is 5.77. The number of aliphatic hydroxyl groups excluding tert-OH is 1. The Balaban J connectivity index is 1.64. The molecular weight excluding hydrogens is 305 g/mol. The summed E-state index contributed by atoms with van der Waals surface area (Å²) in [6.07, 6.45) is 0.166. The van der Waals surface area contributed by atoms with Crippen LogP contribution in [0, 0.1) is 5.82 Å². The van der Waals surface area contributed by atoms with E-state index in [0.717, 1.165) is 17.5 Å². The van der Waals surface area contributed by atoms with E-state index in [-0.39, 0.29) is 30.1 Å². The molecule has 1 N–H and O–H groups in total. The molecule has 1 aliphatic heterocycles. The number of nitrogens with zero attached hydrogens (tertiary/aromatic N) is 1. The van der Waals surface area contributed by atoms with Crippen LogP contribution in [0.1, 0.15) is 42.9 Å². The van der Waals surface area contributed by atoms with Gasteiger partial charge < -0.3 is 10.0 Å². The number of hydrogen-bond acceptors (Lipinski definition) is 2. The van der Waals surface area contributed by atoms with Crippen molar-refractivity contribution in [3.05, 3.63) is 71.5 Å². The van der Waals surface area contributed by atoms with Gasteiger partial charge in [-0.2, -0.15) is 0 Å². The number of aliphatic hydroxyl groups is 1. The maximum Gasteiger partial charge on any atom is 0.225 e. The molecule has 3 rings (SSSR count). The number of hydrogen-bond donors (Lipinski definition) is 1. The largest absolute Gasteiger partial charge is 0.388 e. The first-order chi connectivity index (χ1) is 11.5. The summed E-state index contributed by atoms with van der Waals surface area (Å²) in [6, 6.07) is 15.9. The van der Waals surface area contributed by atoms with E-state index in [1.165, 1.54) is 12.1 Å². The summed E-state index contributed by atoms with van der Waals surface area (Å²) in [5, 5.41) is 10.3. The molecule has 2 aromatic carbocycles. The monoisotopic (exact) mass is 327 g/mol. The zero-order valence-electron chi connectivity index (χ0n) is 13.7. The van der Waals surface area contributed by atoms with Crippen molar-refractivity contribution in [1.29, 1.82) is 0 Å². The summed E-state index contributed by atoms with van der Waals surface area (Å²) in [4.78, 5) is 14.4. The lowest BCUT2D eigenvalue weighted by Crippen LogP contribution is -2.34. The van der Waals surface area contributed by atoms with Crippen molar-refractivity contribution in [2.75, 3.05) is 6.54 Å². The molecule has 2 aromatic rings. The maximum atomic E-state index is 13.1. The normalized spacial score (nSPS) is 21.7. The van der Waals surface area contributed by atoms with Gasteiger partial charge in [-0.25, -0.2) is 4.39 Å². The van der Waals surface area contributed by atoms with E-state index in [1.54, 1.807) is 12.1 Å². The minimum atomic E-state index is -0.782. The van der Waals surface area contributed by atoms with Crippen molar-refractivity contribution in [1.82, 2.24) is 4.90 Å². The van der Waals surface area contributed by atoms with Gasteiger partial charge in [0, 0.05) is 18.5 Å². The molecule has 0 saturated carbocycles. The first-order valence-corrected chi connectivity index (χ1v) is 8.32. The molecule has 3 atom stereocenters. The van der Waals surface area contributed by atoms with Crippen LogP contribution in [0.4, 0.5) is 4.39 Å². The molecule has 1 saturated heterocycles. The highest BCUT2D eigenvalue weighted by Gasteiger charge is 2.33. The molecule has 1 heterocycles. The van der Waals surface area contributed by atoms with E-state index >= 15 is 0 Å². The summed E-state index contributed by atoms with van der Waals surface area (Å²) in [6.45, 7) is 2.64. The van der Waals surface area contributed by atoms with Crippen molar-refractivity contribution in [3.63, 3.8) is 0 Å². The zero-order chi connectivity index (χ0) is 17.1. The smallest absolute Gasteiger partial charge is 0.225 e. The lowest BCUT2D eigenvalue weighted by molar-refractivity contribution is -0.133. The second-order valence-corrected chi connectivity index (χ2v) is 6.51. The van der Waals surface area contributed by atoms with Crippen LogP contribution in [0.5, 0.6) is 0 Å². The van der Waals surface area contributed by atoms with Gasteiger partial charge in [0.15, 0.2) is 0 Å². The fourth-order valence-electron chi connectivity index (χ4n) is 3.43. The molecular formula is C20H22FNO2. The first kappa shape index (κ1) is 16.7. The topological polar surface area (TPSA) is 40.5 Å². The third-order valence-corrected chi connectivity index (χ3v) is 4.79. The highest BCUT2D eigenvalue weighted by atomic mass is 19.1. The number of rotatable bonds is 4. The molecule has 0 aromatic heterocycles. The van der Waals surface area contributed by atoms with Gasteiger partial charge in [-0.3, -0.25) is 4.79 Å². The molecule has 24 heavy (non-hydrogen) atoms. The van der Waals surface area contributed by atoms with E-state index in [9.17, 15) is 14.3 Å². The van der Waals surface area contributed by atoms with Crippen LogP contribution in [0.2, 0.25) is 0 Å². The minimum absolute atomic E-state index is 0.0385. The Bertz CT molecular complexity index is 687. The molecule has 0 aliphatic carbocycles. The average molecular weight is 327 g/mol. The van der Waals surface area contributed by atoms with E-state index in [1.807, 2.05) is 42.2 Å². The number of amides is 1. The van der Waals surface area contributed by atoms with Crippen LogP contribution in [-0.2, 0) is 4.79 Å². The quantitative estimate of drug-likeness (QED) is 0.931. The third-order valence-electron chi connectivity index (χ3n) is 4.79. The highest BCUT2D eigenvalue weighted by Crippen LogP contribution is 2.33. The second-order valence-electron chi connectivity index (χ2n) is 6.51. The van der Waals surface area contributed by atoms with Gasteiger partial charge in [0.2, 0.25) is 5.91 Å². The predicted molar refractivity (Wildman–Crippen MR) is 91.0 cm³/mol. The second kappa shape index (κ2) is 7.14. The SMILES string of the molecule is CC1CC(c2ccc(F)cc2)CN1C(=O)CC(O)c1ccccc1. The molecule has 1 amide bonds. The van der Waals surface area contributed by atoms with Gasteiger partial charge >= 0.3 is 0 Å². The Kier molecular flexibility index (Phi) is 4.95. The summed E-state index contributed by atoms with van der Waals surface area (Å²) >= 11 is 0. The Hall–Kier alpha value is -2.20. The molecule has 1 fully saturated rings. The molecule has 0 bridgehead atoms. The third kappa shape index (κ3) is 3.65. The van der Waals surface area contributed by atoms with Gasteiger partial charge in [0.25, 0.3) is 0 Å². The van der Waals surface area contributed by atoms with Gasteiger partial charge in [0.1, 0.15) is 5.82 Å². The molecule has 0 spiro atoms. The van der Waals surface area contributed by atoms with Crippen LogP contribution in [-0.4, -0.2) is 28.5 Å². The number of likely N-dealkylation sites (tertiary alicyclic amines) is 1. The van der Waals surface area contributed by atoms with Crippen LogP contribution in [0.25, 0.3) is 0 Å². The fraction of sp³-hybridized carbons (Fsp3) is 0.350. The zero-order valence-corrected chi connectivity index (χ0v) is 13.7. The fourth-order valence-corrected chi connectivity index (χ4v) is 3.43. The minimum Gasteiger partial charge on any atom is -0.388 e. The number of benzene rings is 2. The van der Waals surface area contributed by atoms with Crippen molar-refractivity contribution in [3.8, 4) is 0 Å². The Morgan fingerprint density at radius 1 is 1.21 bits per heavy atom. The van der Waals surface area contributed by atoms with Crippen LogP contribution < -0.4 is 0 Å². The molecule has 0 radical (unpaired) electrons. The van der Waals surface area contributed by atoms with Gasteiger partial charge in [-0.05, 0) is 36.6 Å². The van der Waals surface area contributed by atoms with Crippen molar-refractivity contribution < 1.29 is 14.3 Å². The molecule has 1 aliphatic rings. The lowest BCUT2D eigenvalue weighted by Gasteiger charge is -2.23. The van der Waals surface area contributed by atoms with Crippen molar-refractivity contribution in [2.45, 2.75) is 37.8 Å². The molecule has 3 unspecified atom stereocenters. The Labute approximate surface area is 141 Å². The molecule has 4 heteroatoms. The summed E-state index contributed by atoms with van der Waals surface area (Å²) in [7, 11) is 0. The predicted octanol–water partition coefficient (Wildman–Crippen LogP) is 3.65. The Morgan fingerprint density at radius 2 is 1.88 bits per heavy atom. The average Bonchev–Trinajstić information content (AvgIpc) is 2.98. The molecule has 3 nitrogen and oxygen atoms in total. The van der Waals surface area contributed by atoms with Crippen LogP contribution in [0.3, 0.4) is 0 Å². The summed E-state index contributed by atoms with van der Waals surface area (Å²) in [5.41, 5.74) is 1.81. The van der Waals surface area contributed by atoms with E-state index in [4.69, 9.17) is 0 Å². The van der Waals surface area contributed by atoms with Gasteiger partial charge in [-0.15, -0.1) is 0 Å². The summed E-state index contributed by atoms with van der Waals surface area (Å²) < 4.78 is 13.1. The standard InChI is InChI=1S/C20H22FNO2/c1-14-11-17(15-7-9-18(21)10-8-15)13-22(14)20(24)12-19(23)16-5-3-2-4-6-16/h2-10,14,17,19,23H,11-13H2,1H3. The van der Waals surface area contributed by atoms with Crippen molar-refractivity contribution >= 4 is 5.91 Å². The first-order valence-electron chi connectivity index (χ1n) is 8.32. The van der Waals surface area contributed by atoms with E-state index in [0.29, 0.717) is 6.54 Å². The summed E-state index contributed by atoms with van der Waals surface area (Å²) in [5.74, 6) is -0.0643. The number of halogens is 1. The Morgan fingerprint density at radius 3 is 2.54 bits per heavy atom. The number of carbonyl (C=O) groups excluding carboxylic acids is 1. The van der Waals surface area contributed by atoms with Crippen molar-refractivity contribution in [2.24, 2.45) is 0 Å². The van der Waals surface area contributed by atoms with E-state index in [2.05, 4.69) is 0 Å². The van der Waals surface area contributed by atoms with E-state index < -0.39 is 6.10 Å².